The number of benzene rings is 4. The second kappa shape index (κ2) is 13.9. The topological polar surface area (TPSA) is 86.8 Å². The molecule has 4 aromatic carbocycles. The summed E-state index contributed by atoms with van der Waals surface area (Å²) in [6, 6.07) is 28.0. The van der Waals surface area contributed by atoms with Crippen molar-refractivity contribution in [2.75, 3.05) is 17.9 Å². The van der Waals surface area contributed by atoms with Gasteiger partial charge in [0.2, 0.25) is 11.8 Å². The molecule has 0 fully saturated rings. The Kier molecular flexibility index (Phi) is 10.3. The predicted molar refractivity (Wildman–Crippen MR) is 167 cm³/mol. The van der Waals surface area contributed by atoms with E-state index < -0.39 is 28.5 Å². The molecule has 0 saturated carbocycles. The molecule has 0 unspecified atom stereocenters. The molecule has 7 nitrogen and oxygen atoms in total. The first-order valence-corrected chi connectivity index (χ1v) is 15.4. The molecule has 0 radical (unpaired) electrons. The van der Waals surface area contributed by atoms with Gasteiger partial charge in [-0.25, -0.2) is 8.42 Å². The summed E-state index contributed by atoms with van der Waals surface area (Å²) < 4.78 is 29.0. The number of hydrogen-bond acceptors (Lipinski definition) is 4. The SMILES string of the molecule is CNC(=O)[C@H](Cc1ccccc1)N(Cc1cccc(Cl)c1)C(=O)CN(c1ccc(C)cc1)S(=O)(=O)c1ccc(Cl)cc1. The minimum atomic E-state index is -4.20. The molecule has 0 aromatic heterocycles. The number of amides is 2. The van der Waals surface area contributed by atoms with Gasteiger partial charge in [0.05, 0.1) is 10.6 Å². The number of hydrogen-bond donors (Lipinski definition) is 1. The molecule has 4 rings (SSSR count). The second-order valence-electron chi connectivity index (χ2n) is 9.77. The Morgan fingerprint density at radius 1 is 0.810 bits per heavy atom. The molecule has 0 saturated heterocycles. The van der Waals surface area contributed by atoms with Crippen LogP contribution in [0.1, 0.15) is 16.7 Å². The molecular formula is C32H31Cl2N3O4S. The van der Waals surface area contributed by atoms with Crippen LogP contribution in [0, 0.1) is 6.92 Å². The lowest BCUT2D eigenvalue weighted by Gasteiger charge is -2.33. The lowest BCUT2D eigenvalue weighted by Crippen LogP contribution is -2.53. The summed E-state index contributed by atoms with van der Waals surface area (Å²) in [6.45, 7) is 1.38. The number of nitrogens with zero attached hydrogens (tertiary/aromatic N) is 2. The van der Waals surface area contributed by atoms with E-state index in [-0.39, 0.29) is 23.8 Å². The van der Waals surface area contributed by atoms with Gasteiger partial charge >= 0.3 is 0 Å². The highest BCUT2D eigenvalue weighted by atomic mass is 35.5. The molecule has 0 aliphatic carbocycles. The maximum Gasteiger partial charge on any atom is 0.264 e. The van der Waals surface area contributed by atoms with Crippen molar-refractivity contribution < 1.29 is 18.0 Å². The van der Waals surface area contributed by atoms with Crippen LogP contribution >= 0.6 is 23.2 Å². The molecular weight excluding hydrogens is 593 g/mol. The summed E-state index contributed by atoms with van der Waals surface area (Å²) in [5, 5.41) is 3.53. The summed E-state index contributed by atoms with van der Waals surface area (Å²) in [5.74, 6) is -0.936. The third-order valence-electron chi connectivity index (χ3n) is 6.76. The average Bonchev–Trinajstić information content (AvgIpc) is 2.98. The molecule has 218 valence electrons. The van der Waals surface area contributed by atoms with Gasteiger partial charge in [0.15, 0.2) is 0 Å². The Balaban J connectivity index is 1.78. The fraction of sp³-hybridized carbons (Fsp3) is 0.188. The summed E-state index contributed by atoms with van der Waals surface area (Å²) in [7, 11) is -2.69. The van der Waals surface area contributed by atoms with Crippen molar-refractivity contribution >= 4 is 50.7 Å². The van der Waals surface area contributed by atoms with E-state index >= 15 is 0 Å². The highest BCUT2D eigenvalue weighted by Gasteiger charge is 2.34. The van der Waals surface area contributed by atoms with Crippen LogP contribution in [0.15, 0.2) is 108 Å². The molecule has 0 heterocycles. The summed E-state index contributed by atoms with van der Waals surface area (Å²) in [6.07, 6.45) is 0.223. The van der Waals surface area contributed by atoms with Crippen molar-refractivity contribution in [3.05, 3.63) is 130 Å². The van der Waals surface area contributed by atoms with Gasteiger partial charge in [0.1, 0.15) is 12.6 Å². The fourth-order valence-electron chi connectivity index (χ4n) is 4.53. The zero-order chi connectivity index (χ0) is 30.3. The van der Waals surface area contributed by atoms with Crippen molar-refractivity contribution in [2.24, 2.45) is 0 Å². The van der Waals surface area contributed by atoms with Gasteiger partial charge in [0.25, 0.3) is 10.0 Å². The molecule has 0 bridgehead atoms. The highest BCUT2D eigenvalue weighted by molar-refractivity contribution is 7.92. The van der Waals surface area contributed by atoms with Crippen molar-refractivity contribution in [3.8, 4) is 0 Å². The van der Waals surface area contributed by atoms with Gasteiger partial charge in [-0.05, 0) is 66.6 Å². The van der Waals surface area contributed by atoms with Gasteiger partial charge in [-0.1, -0.05) is 83.4 Å². The summed E-state index contributed by atoms with van der Waals surface area (Å²) in [5.41, 5.74) is 2.78. The number of likely N-dealkylation sites (N-methyl/N-ethyl adjacent to an activating group) is 1. The Morgan fingerprint density at radius 3 is 2.07 bits per heavy atom. The van der Waals surface area contributed by atoms with E-state index in [0.29, 0.717) is 21.3 Å². The van der Waals surface area contributed by atoms with Crippen LogP contribution in [-0.2, 0) is 32.6 Å². The first-order chi connectivity index (χ1) is 20.1. The quantitative estimate of drug-likeness (QED) is 0.226. The zero-order valence-electron chi connectivity index (χ0n) is 23.2. The van der Waals surface area contributed by atoms with E-state index in [2.05, 4.69) is 5.32 Å². The molecule has 1 atom stereocenters. The third-order valence-corrected chi connectivity index (χ3v) is 9.04. The van der Waals surface area contributed by atoms with Crippen LogP contribution in [0.3, 0.4) is 0 Å². The van der Waals surface area contributed by atoms with E-state index in [1.165, 1.54) is 36.2 Å². The van der Waals surface area contributed by atoms with Crippen molar-refractivity contribution in [1.82, 2.24) is 10.2 Å². The minimum Gasteiger partial charge on any atom is -0.357 e. The molecule has 42 heavy (non-hydrogen) atoms. The largest absolute Gasteiger partial charge is 0.357 e. The van der Waals surface area contributed by atoms with E-state index in [1.807, 2.05) is 37.3 Å². The van der Waals surface area contributed by atoms with Crippen molar-refractivity contribution in [1.29, 1.82) is 0 Å². The molecule has 2 amide bonds. The van der Waals surface area contributed by atoms with E-state index in [4.69, 9.17) is 23.2 Å². The number of aryl methyl sites for hydroxylation is 1. The van der Waals surface area contributed by atoms with E-state index in [1.54, 1.807) is 48.5 Å². The number of sulfonamides is 1. The zero-order valence-corrected chi connectivity index (χ0v) is 25.5. The molecule has 0 spiro atoms. The van der Waals surface area contributed by atoms with Crippen molar-refractivity contribution in [3.63, 3.8) is 0 Å². The van der Waals surface area contributed by atoms with E-state index in [9.17, 15) is 18.0 Å². The van der Waals surface area contributed by atoms with Gasteiger partial charge in [-0.15, -0.1) is 0 Å². The summed E-state index contributed by atoms with van der Waals surface area (Å²) >= 11 is 12.3. The van der Waals surface area contributed by atoms with Crippen LogP contribution in [0.5, 0.6) is 0 Å². The Bertz CT molecular complexity index is 1630. The molecule has 4 aromatic rings. The van der Waals surface area contributed by atoms with Crippen LogP contribution in [0.25, 0.3) is 0 Å². The highest BCUT2D eigenvalue weighted by Crippen LogP contribution is 2.26. The molecule has 0 aliphatic heterocycles. The number of nitrogens with one attached hydrogen (secondary N) is 1. The second-order valence-corrected chi connectivity index (χ2v) is 12.5. The lowest BCUT2D eigenvalue weighted by molar-refractivity contribution is -0.139. The standard InChI is InChI=1S/C32H31Cl2N3O4S/c1-23-11-15-28(16-12-23)37(42(40,41)29-17-13-26(33)14-18-29)22-31(38)36(21-25-9-6-10-27(34)19-25)30(32(39)35-2)20-24-7-4-3-5-8-24/h3-19,30H,20-22H2,1-2H3,(H,35,39)/t30-/m0/s1. The average molecular weight is 625 g/mol. The normalized spacial score (nSPS) is 11.9. The van der Waals surface area contributed by atoms with Crippen LogP contribution in [0.2, 0.25) is 10.0 Å². The molecule has 1 N–H and O–H groups in total. The van der Waals surface area contributed by atoms with Gasteiger partial charge in [-0.2, -0.15) is 0 Å². The Hall–Kier alpha value is -3.85. The monoisotopic (exact) mass is 623 g/mol. The number of carbonyl (C=O) groups is 2. The third kappa shape index (κ3) is 7.70. The van der Waals surface area contributed by atoms with Gasteiger partial charge in [0, 0.05) is 30.1 Å². The van der Waals surface area contributed by atoms with Gasteiger partial charge < -0.3 is 10.2 Å². The van der Waals surface area contributed by atoms with Gasteiger partial charge in [-0.3, -0.25) is 13.9 Å². The van der Waals surface area contributed by atoms with E-state index in [0.717, 1.165) is 15.4 Å². The first-order valence-electron chi connectivity index (χ1n) is 13.2. The molecule has 0 aliphatic rings. The van der Waals surface area contributed by atoms with Crippen LogP contribution in [0.4, 0.5) is 5.69 Å². The smallest absolute Gasteiger partial charge is 0.264 e. The first kappa shape index (κ1) is 31.1. The van der Waals surface area contributed by atoms with Crippen molar-refractivity contribution in [2.45, 2.75) is 30.8 Å². The number of rotatable bonds is 11. The minimum absolute atomic E-state index is 0.0196. The fourth-order valence-corrected chi connectivity index (χ4v) is 6.28. The predicted octanol–water partition coefficient (Wildman–Crippen LogP) is 5.88. The van der Waals surface area contributed by atoms with Crippen LogP contribution < -0.4 is 9.62 Å². The summed E-state index contributed by atoms with van der Waals surface area (Å²) in [4.78, 5) is 28.9. The molecule has 10 heteroatoms. The Labute approximate surface area is 256 Å². The Morgan fingerprint density at radius 2 is 1.45 bits per heavy atom. The van der Waals surface area contributed by atoms with Crippen LogP contribution in [-0.4, -0.2) is 44.8 Å². The number of carbonyl (C=O) groups excluding carboxylic acids is 2. The number of anilines is 1. The lowest BCUT2D eigenvalue weighted by atomic mass is 10.0. The maximum atomic E-state index is 14.3. The number of halogens is 2. The maximum absolute atomic E-state index is 14.3.